The van der Waals surface area contributed by atoms with Crippen LogP contribution in [0.2, 0.25) is 0 Å². The summed E-state index contributed by atoms with van der Waals surface area (Å²) in [6.45, 7) is 3.38. The summed E-state index contributed by atoms with van der Waals surface area (Å²) >= 11 is 0. The van der Waals surface area contributed by atoms with Crippen LogP contribution in [0, 0.1) is 0 Å². The second-order valence-corrected chi connectivity index (χ2v) is 2.20. The summed E-state index contributed by atoms with van der Waals surface area (Å²) in [5.74, 6) is 0. The van der Waals surface area contributed by atoms with Crippen LogP contribution < -0.4 is 5.48 Å². The molecule has 0 bridgehead atoms. The summed E-state index contributed by atoms with van der Waals surface area (Å²) in [4.78, 5) is 4.76. The largest absolute Gasteiger partial charge is 0.363 e. The van der Waals surface area contributed by atoms with Crippen molar-refractivity contribution in [1.29, 1.82) is 0 Å². The summed E-state index contributed by atoms with van der Waals surface area (Å²) in [5, 5.41) is 9.32. The van der Waals surface area contributed by atoms with Gasteiger partial charge in [-0.05, 0) is 0 Å². The summed E-state index contributed by atoms with van der Waals surface area (Å²) in [7, 11) is 0. The van der Waals surface area contributed by atoms with Gasteiger partial charge < -0.3 is 5.11 Å². The molecule has 1 aromatic rings. The number of aliphatic hydroxyl groups is 1. The smallest absolute Gasteiger partial charge is 0.207 e. The van der Waals surface area contributed by atoms with E-state index in [2.05, 4.69) is 12.1 Å². The molecule has 1 aromatic carbocycles. The zero-order valence-corrected chi connectivity index (χ0v) is 6.60. The van der Waals surface area contributed by atoms with Crippen LogP contribution in [0.5, 0.6) is 0 Å². The van der Waals surface area contributed by atoms with Gasteiger partial charge in [0.2, 0.25) is 6.29 Å². The molecule has 0 saturated carbocycles. The lowest BCUT2D eigenvalue weighted by Crippen LogP contribution is -2.12. The van der Waals surface area contributed by atoms with E-state index in [1.165, 1.54) is 6.20 Å². The van der Waals surface area contributed by atoms with Gasteiger partial charge in [0.15, 0.2) is 0 Å². The fourth-order valence-corrected chi connectivity index (χ4v) is 0.798. The van der Waals surface area contributed by atoms with Gasteiger partial charge in [-0.25, -0.2) is 4.84 Å². The third-order valence-corrected chi connectivity index (χ3v) is 1.35. The Bertz CT molecular complexity index is 236. The van der Waals surface area contributed by atoms with Gasteiger partial charge in [0.25, 0.3) is 0 Å². The maximum atomic E-state index is 9.32. The summed E-state index contributed by atoms with van der Waals surface area (Å²) < 4.78 is 0. The van der Waals surface area contributed by atoms with Gasteiger partial charge >= 0.3 is 0 Å². The number of hydroxylamine groups is 1. The molecule has 0 aliphatic carbocycles. The molecule has 64 valence electrons. The Balaban J connectivity index is 2.53. The molecule has 0 aliphatic heterocycles. The molecule has 3 nitrogen and oxygen atoms in total. The van der Waals surface area contributed by atoms with Crippen LogP contribution >= 0.6 is 0 Å². The molecule has 3 heteroatoms. The van der Waals surface area contributed by atoms with Gasteiger partial charge in [-0.2, -0.15) is 0 Å². The van der Waals surface area contributed by atoms with Crippen LogP contribution in [0.4, 0.5) is 0 Å². The zero-order valence-electron chi connectivity index (χ0n) is 6.60. The summed E-state index contributed by atoms with van der Waals surface area (Å²) in [6, 6.07) is 9.08. The fraction of sp³-hybridized carbons (Fsp3) is 0.111. The molecule has 0 aromatic heterocycles. The molecule has 12 heavy (non-hydrogen) atoms. The molecule has 0 heterocycles. The van der Waals surface area contributed by atoms with Crippen LogP contribution in [0.1, 0.15) is 11.9 Å². The Hall–Kier alpha value is -1.32. The molecule has 0 fully saturated rings. The van der Waals surface area contributed by atoms with Gasteiger partial charge in [-0.15, -0.1) is 0 Å². The number of hydrogen-bond acceptors (Lipinski definition) is 3. The average molecular weight is 165 g/mol. The lowest BCUT2D eigenvalue weighted by Gasteiger charge is -2.09. The Morgan fingerprint density at radius 1 is 1.42 bits per heavy atom. The Labute approximate surface area is 71.2 Å². The Kier molecular flexibility index (Phi) is 3.32. The standard InChI is InChI=1S/C9H11NO2/c1-2-10-12-9(11)8-6-4-3-5-7-8/h2-7,9-11H,1H2. The number of nitrogens with one attached hydrogen (secondary N) is 1. The summed E-state index contributed by atoms with van der Waals surface area (Å²) in [5.41, 5.74) is 3.06. The van der Waals surface area contributed by atoms with Crippen molar-refractivity contribution in [3.05, 3.63) is 48.7 Å². The van der Waals surface area contributed by atoms with E-state index in [1.54, 1.807) is 12.1 Å². The van der Waals surface area contributed by atoms with Crippen molar-refractivity contribution in [3.63, 3.8) is 0 Å². The van der Waals surface area contributed by atoms with Crippen LogP contribution in [0.3, 0.4) is 0 Å². The number of aliphatic hydroxyl groups excluding tert-OH is 1. The first-order chi connectivity index (χ1) is 5.84. The first-order valence-electron chi connectivity index (χ1n) is 3.59. The molecule has 0 amide bonds. The normalized spacial score (nSPS) is 12.1. The van der Waals surface area contributed by atoms with Crippen molar-refractivity contribution >= 4 is 0 Å². The quantitative estimate of drug-likeness (QED) is 0.522. The predicted molar refractivity (Wildman–Crippen MR) is 45.8 cm³/mol. The molecule has 1 rings (SSSR count). The van der Waals surface area contributed by atoms with Crippen LogP contribution in [0.15, 0.2) is 43.1 Å². The highest BCUT2D eigenvalue weighted by molar-refractivity contribution is 5.15. The predicted octanol–water partition coefficient (Wildman–Crippen LogP) is 1.34. The van der Waals surface area contributed by atoms with E-state index in [0.29, 0.717) is 5.56 Å². The van der Waals surface area contributed by atoms with E-state index in [1.807, 2.05) is 18.2 Å². The van der Waals surface area contributed by atoms with Gasteiger partial charge in [-0.1, -0.05) is 36.9 Å². The second kappa shape index (κ2) is 4.54. The van der Waals surface area contributed by atoms with Crippen LogP contribution in [-0.4, -0.2) is 5.11 Å². The van der Waals surface area contributed by atoms with Crippen molar-refractivity contribution in [2.24, 2.45) is 0 Å². The molecule has 2 N–H and O–H groups in total. The van der Waals surface area contributed by atoms with E-state index < -0.39 is 6.29 Å². The highest BCUT2D eigenvalue weighted by Crippen LogP contribution is 2.11. The molecular weight excluding hydrogens is 154 g/mol. The van der Waals surface area contributed by atoms with Crippen molar-refractivity contribution < 1.29 is 9.94 Å². The number of rotatable bonds is 4. The minimum atomic E-state index is -0.954. The highest BCUT2D eigenvalue weighted by Gasteiger charge is 2.04. The maximum absolute atomic E-state index is 9.32. The van der Waals surface area contributed by atoms with Crippen molar-refractivity contribution in [1.82, 2.24) is 5.48 Å². The number of hydrogen-bond donors (Lipinski definition) is 2. The van der Waals surface area contributed by atoms with E-state index >= 15 is 0 Å². The van der Waals surface area contributed by atoms with E-state index in [0.717, 1.165) is 0 Å². The number of benzene rings is 1. The molecule has 0 radical (unpaired) electrons. The first-order valence-corrected chi connectivity index (χ1v) is 3.59. The maximum Gasteiger partial charge on any atom is 0.207 e. The summed E-state index contributed by atoms with van der Waals surface area (Å²) in [6.07, 6.45) is 0.399. The molecule has 1 atom stereocenters. The third-order valence-electron chi connectivity index (χ3n) is 1.35. The minimum absolute atomic E-state index is 0.701. The third kappa shape index (κ3) is 2.38. The molecule has 1 unspecified atom stereocenters. The van der Waals surface area contributed by atoms with Crippen molar-refractivity contribution in [3.8, 4) is 0 Å². The monoisotopic (exact) mass is 165 g/mol. The Morgan fingerprint density at radius 2 is 2.08 bits per heavy atom. The van der Waals surface area contributed by atoms with Gasteiger partial charge in [0, 0.05) is 11.8 Å². The molecule has 0 spiro atoms. The lowest BCUT2D eigenvalue weighted by atomic mass is 10.2. The lowest BCUT2D eigenvalue weighted by molar-refractivity contribution is -0.137. The van der Waals surface area contributed by atoms with E-state index in [9.17, 15) is 5.11 Å². The highest BCUT2D eigenvalue weighted by atomic mass is 16.7. The van der Waals surface area contributed by atoms with E-state index in [4.69, 9.17) is 4.84 Å². The first kappa shape index (κ1) is 8.77. The topological polar surface area (TPSA) is 41.5 Å². The SMILES string of the molecule is C=CNOC(O)c1ccccc1. The Morgan fingerprint density at radius 3 is 2.67 bits per heavy atom. The molecular formula is C9H11NO2. The van der Waals surface area contributed by atoms with Crippen LogP contribution in [0.25, 0.3) is 0 Å². The fourth-order valence-electron chi connectivity index (χ4n) is 0.798. The van der Waals surface area contributed by atoms with Gasteiger partial charge in [0.05, 0.1) is 0 Å². The van der Waals surface area contributed by atoms with E-state index in [-0.39, 0.29) is 0 Å². The molecule has 0 aliphatic rings. The van der Waals surface area contributed by atoms with Gasteiger partial charge in [0.1, 0.15) is 0 Å². The zero-order chi connectivity index (χ0) is 8.81. The second-order valence-electron chi connectivity index (χ2n) is 2.20. The molecule has 0 saturated heterocycles. The van der Waals surface area contributed by atoms with Gasteiger partial charge in [-0.3, -0.25) is 5.48 Å². The minimum Gasteiger partial charge on any atom is -0.363 e. The van der Waals surface area contributed by atoms with Crippen molar-refractivity contribution in [2.75, 3.05) is 0 Å². The van der Waals surface area contributed by atoms with Crippen LogP contribution in [-0.2, 0) is 4.84 Å². The average Bonchev–Trinajstić information content (AvgIpc) is 2.15. The van der Waals surface area contributed by atoms with Crippen molar-refractivity contribution in [2.45, 2.75) is 6.29 Å².